The second-order valence-corrected chi connectivity index (χ2v) is 6.67. The molecular weight excluding hydrogens is 388 g/mol. The molecule has 2 N–H and O–H groups in total. The normalized spacial score (nSPS) is 16.2. The van der Waals surface area contributed by atoms with E-state index in [9.17, 15) is 14.7 Å². The van der Waals surface area contributed by atoms with Gasteiger partial charge >= 0.3 is 12.0 Å². The van der Waals surface area contributed by atoms with Crippen LogP contribution in [-0.4, -0.2) is 49.4 Å². The van der Waals surface area contributed by atoms with Crippen LogP contribution in [0.15, 0.2) is 59.8 Å². The number of carbonyl (C=O) groups is 2. The predicted molar refractivity (Wildman–Crippen MR) is 109 cm³/mol. The Bertz CT molecular complexity index is 957. The van der Waals surface area contributed by atoms with Gasteiger partial charge in [0.05, 0.1) is 18.7 Å². The van der Waals surface area contributed by atoms with Crippen molar-refractivity contribution in [2.24, 2.45) is 0 Å². The number of nitrogens with one attached hydrogen (secondary N) is 1. The molecule has 1 heterocycles. The third kappa shape index (κ3) is 4.48. The fourth-order valence-corrected chi connectivity index (χ4v) is 3.11. The van der Waals surface area contributed by atoms with Gasteiger partial charge in [0.25, 0.3) is 0 Å². The van der Waals surface area contributed by atoms with E-state index >= 15 is 0 Å². The van der Waals surface area contributed by atoms with E-state index in [1.165, 1.54) is 18.1 Å². The van der Waals surface area contributed by atoms with Crippen molar-refractivity contribution in [2.45, 2.75) is 13.0 Å². The molecule has 1 atom stereocenters. The zero-order chi connectivity index (χ0) is 21.7. The van der Waals surface area contributed by atoms with Crippen LogP contribution in [0.3, 0.4) is 0 Å². The average Bonchev–Trinajstić information content (AvgIpc) is 2.75. The average molecular weight is 412 g/mol. The van der Waals surface area contributed by atoms with Crippen molar-refractivity contribution in [3.63, 3.8) is 0 Å². The molecule has 0 fully saturated rings. The largest absolute Gasteiger partial charge is 0.504 e. The molecule has 1 aliphatic rings. The Morgan fingerprint density at radius 1 is 1.17 bits per heavy atom. The minimum absolute atomic E-state index is 0.0385. The van der Waals surface area contributed by atoms with Crippen molar-refractivity contribution < 1.29 is 28.9 Å². The summed E-state index contributed by atoms with van der Waals surface area (Å²) >= 11 is 0. The van der Waals surface area contributed by atoms with E-state index in [0.29, 0.717) is 22.6 Å². The van der Waals surface area contributed by atoms with Gasteiger partial charge in [-0.1, -0.05) is 24.3 Å². The topological polar surface area (TPSA) is 97.3 Å². The van der Waals surface area contributed by atoms with Crippen molar-refractivity contribution in [3.05, 3.63) is 65.4 Å². The van der Waals surface area contributed by atoms with Crippen LogP contribution in [0.5, 0.6) is 17.2 Å². The van der Waals surface area contributed by atoms with Crippen molar-refractivity contribution in [3.8, 4) is 17.2 Å². The molecule has 0 unspecified atom stereocenters. The third-order valence-corrected chi connectivity index (χ3v) is 4.84. The first-order valence-corrected chi connectivity index (χ1v) is 9.39. The van der Waals surface area contributed by atoms with E-state index in [2.05, 4.69) is 5.32 Å². The molecule has 2 amide bonds. The van der Waals surface area contributed by atoms with Crippen LogP contribution in [0.25, 0.3) is 0 Å². The summed E-state index contributed by atoms with van der Waals surface area (Å²) in [5.74, 6) is 0.321. The standard InChI is InChI=1S/C22H24N2O6/c1-14-19(21(26)30-12-11-29-16-7-5-4-6-8-16)20(23-22(27)24(14)2)15-9-10-17(25)18(13-15)28-3/h4-10,13,20,25H,11-12H2,1-3H3,(H,23,27)/t20-/m0/s1. The van der Waals surface area contributed by atoms with E-state index in [1.54, 1.807) is 26.1 Å². The van der Waals surface area contributed by atoms with E-state index in [-0.39, 0.29) is 30.7 Å². The highest BCUT2D eigenvalue weighted by Crippen LogP contribution is 2.35. The van der Waals surface area contributed by atoms with Gasteiger partial charge in [0, 0.05) is 12.7 Å². The van der Waals surface area contributed by atoms with Crippen LogP contribution in [0.1, 0.15) is 18.5 Å². The van der Waals surface area contributed by atoms with Crippen molar-refractivity contribution in [2.75, 3.05) is 27.4 Å². The quantitative estimate of drug-likeness (QED) is 0.536. The lowest BCUT2D eigenvalue weighted by Crippen LogP contribution is -2.46. The molecule has 0 aliphatic carbocycles. The molecule has 2 aromatic rings. The molecule has 0 radical (unpaired) electrons. The summed E-state index contributed by atoms with van der Waals surface area (Å²) in [6.45, 7) is 1.93. The number of amides is 2. The predicted octanol–water partition coefficient (Wildman–Crippen LogP) is 2.99. The van der Waals surface area contributed by atoms with Gasteiger partial charge in [-0.2, -0.15) is 0 Å². The molecule has 1 aliphatic heterocycles. The van der Waals surface area contributed by atoms with Crippen molar-refractivity contribution >= 4 is 12.0 Å². The van der Waals surface area contributed by atoms with Crippen molar-refractivity contribution in [1.82, 2.24) is 10.2 Å². The Morgan fingerprint density at radius 2 is 1.90 bits per heavy atom. The van der Waals surface area contributed by atoms with Crippen LogP contribution in [-0.2, 0) is 9.53 Å². The second kappa shape index (κ2) is 9.21. The molecule has 0 saturated heterocycles. The number of benzene rings is 2. The van der Waals surface area contributed by atoms with Crippen LogP contribution < -0.4 is 14.8 Å². The number of ether oxygens (including phenoxy) is 3. The van der Waals surface area contributed by atoms with Gasteiger partial charge in [0.15, 0.2) is 11.5 Å². The van der Waals surface area contributed by atoms with E-state index in [4.69, 9.17) is 14.2 Å². The molecular formula is C22H24N2O6. The van der Waals surface area contributed by atoms with E-state index < -0.39 is 12.0 Å². The van der Waals surface area contributed by atoms with Gasteiger partial charge in [0.2, 0.25) is 0 Å². The number of urea groups is 1. The summed E-state index contributed by atoms with van der Waals surface area (Å²) in [6, 6.07) is 12.8. The van der Waals surface area contributed by atoms with Gasteiger partial charge < -0.3 is 29.5 Å². The number of para-hydroxylation sites is 1. The first-order chi connectivity index (χ1) is 14.4. The van der Waals surface area contributed by atoms with E-state index in [0.717, 1.165) is 0 Å². The zero-order valence-corrected chi connectivity index (χ0v) is 17.0. The number of aromatic hydroxyl groups is 1. The number of carbonyl (C=O) groups excluding carboxylic acids is 2. The lowest BCUT2D eigenvalue weighted by Gasteiger charge is -2.33. The number of rotatable bonds is 7. The number of methoxy groups -OCH3 is 1. The number of phenols is 1. The Balaban J connectivity index is 1.77. The molecule has 8 heteroatoms. The van der Waals surface area contributed by atoms with Crippen LogP contribution in [0.2, 0.25) is 0 Å². The fraction of sp³-hybridized carbons (Fsp3) is 0.273. The third-order valence-electron chi connectivity index (χ3n) is 4.84. The molecule has 0 saturated carbocycles. The van der Waals surface area contributed by atoms with E-state index in [1.807, 2.05) is 30.3 Å². The Morgan fingerprint density at radius 3 is 2.60 bits per heavy atom. The Labute approximate surface area is 174 Å². The molecule has 3 rings (SSSR count). The summed E-state index contributed by atoms with van der Waals surface area (Å²) in [5, 5.41) is 12.6. The first-order valence-electron chi connectivity index (χ1n) is 9.39. The maximum atomic E-state index is 12.9. The summed E-state index contributed by atoms with van der Waals surface area (Å²) in [4.78, 5) is 26.6. The molecule has 0 spiro atoms. The fourth-order valence-electron chi connectivity index (χ4n) is 3.11. The van der Waals surface area contributed by atoms with Gasteiger partial charge in [-0.25, -0.2) is 9.59 Å². The SMILES string of the molecule is COc1cc([C@@H]2NC(=O)N(C)C(C)=C2C(=O)OCCOc2ccccc2)ccc1O. The Kier molecular flexibility index (Phi) is 6.46. The molecule has 158 valence electrons. The summed E-state index contributed by atoms with van der Waals surface area (Å²) in [6.07, 6.45) is 0. The maximum Gasteiger partial charge on any atom is 0.338 e. The van der Waals surface area contributed by atoms with Crippen LogP contribution in [0.4, 0.5) is 4.79 Å². The number of phenolic OH excluding ortho intramolecular Hbond substituents is 1. The number of hydrogen-bond donors (Lipinski definition) is 2. The lowest BCUT2D eigenvalue weighted by molar-refractivity contribution is -0.140. The maximum absolute atomic E-state index is 12.9. The minimum Gasteiger partial charge on any atom is -0.504 e. The smallest absolute Gasteiger partial charge is 0.338 e. The van der Waals surface area contributed by atoms with Gasteiger partial charge in [-0.15, -0.1) is 0 Å². The molecule has 30 heavy (non-hydrogen) atoms. The van der Waals surface area contributed by atoms with Crippen LogP contribution in [0, 0.1) is 0 Å². The first kappa shape index (κ1) is 21.0. The van der Waals surface area contributed by atoms with Crippen molar-refractivity contribution in [1.29, 1.82) is 0 Å². The zero-order valence-electron chi connectivity index (χ0n) is 17.0. The van der Waals surface area contributed by atoms with Gasteiger partial charge in [-0.3, -0.25) is 0 Å². The summed E-state index contributed by atoms with van der Waals surface area (Å²) in [7, 11) is 3.00. The molecule has 0 aromatic heterocycles. The highest BCUT2D eigenvalue weighted by atomic mass is 16.6. The number of nitrogens with zero attached hydrogens (tertiary/aromatic N) is 1. The van der Waals surface area contributed by atoms with Gasteiger partial charge in [-0.05, 0) is 36.8 Å². The molecule has 8 nitrogen and oxygen atoms in total. The number of esters is 1. The van der Waals surface area contributed by atoms with Crippen LogP contribution >= 0.6 is 0 Å². The molecule has 2 aromatic carbocycles. The lowest BCUT2D eigenvalue weighted by atomic mass is 9.94. The number of hydrogen-bond acceptors (Lipinski definition) is 6. The second-order valence-electron chi connectivity index (χ2n) is 6.67. The molecule has 0 bridgehead atoms. The highest BCUT2D eigenvalue weighted by molar-refractivity contribution is 5.95. The number of allylic oxidation sites excluding steroid dienone is 1. The minimum atomic E-state index is -0.745. The monoisotopic (exact) mass is 412 g/mol. The van der Waals surface area contributed by atoms with Gasteiger partial charge in [0.1, 0.15) is 19.0 Å². The Hall–Kier alpha value is -3.68. The summed E-state index contributed by atoms with van der Waals surface area (Å²) in [5.41, 5.74) is 1.35. The summed E-state index contributed by atoms with van der Waals surface area (Å²) < 4.78 is 16.1. The highest BCUT2D eigenvalue weighted by Gasteiger charge is 2.35.